The van der Waals surface area contributed by atoms with Gasteiger partial charge in [-0.1, -0.05) is 6.92 Å². The maximum Gasteiger partial charge on any atom is 0.240 e. The van der Waals surface area contributed by atoms with Crippen molar-refractivity contribution < 1.29 is 8.42 Å². The van der Waals surface area contributed by atoms with Gasteiger partial charge in [-0.2, -0.15) is 0 Å². The molecule has 1 aromatic carbocycles. The minimum atomic E-state index is -3.77. The Bertz CT molecular complexity index is 574. The molecule has 5 N–H and O–H groups in total. The van der Waals surface area contributed by atoms with Crippen molar-refractivity contribution in [3.8, 4) is 0 Å². The molecule has 0 spiro atoms. The zero-order chi connectivity index (χ0) is 14.8. The van der Waals surface area contributed by atoms with E-state index >= 15 is 0 Å². The molecule has 0 bridgehead atoms. The van der Waals surface area contributed by atoms with Gasteiger partial charge in [-0.3, -0.25) is 0 Å². The molecule has 2 rings (SSSR count). The fraction of sp³-hybridized carbons (Fsp3) is 0.538. The van der Waals surface area contributed by atoms with Crippen LogP contribution in [0.5, 0.6) is 0 Å². The van der Waals surface area contributed by atoms with Crippen molar-refractivity contribution >= 4 is 21.4 Å². The first-order valence-electron chi connectivity index (χ1n) is 6.78. The maximum absolute atomic E-state index is 11.6. The van der Waals surface area contributed by atoms with E-state index in [2.05, 4.69) is 17.1 Å². The summed E-state index contributed by atoms with van der Waals surface area (Å²) in [5.41, 5.74) is 6.54. The first kappa shape index (κ1) is 15.1. The van der Waals surface area contributed by atoms with Gasteiger partial charge in [-0.15, -0.1) is 0 Å². The van der Waals surface area contributed by atoms with Crippen LogP contribution in [-0.2, 0) is 10.0 Å². The van der Waals surface area contributed by atoms with E-state index in [4.69, 9.17) is 10.9 Å². The molecule has 0 radical (unpaired) electrons. The lowest BCUT2D eigenvalue weighted by molar-refractivity contribution is 0.345. The van der Waals surface area contributed by atoms with Crippen LogP contribution in [0.1, 0.15) is 13.3 Å². The van der Waals surface area contributed by atoms with Crippen molar-refractivity contribution in [2.75, 3.05) is 37.2 Å². The summed E-state index contributed by atoms with van der Waals surface area (Å²) >= 11 is 0. The Labute approximate surface area is 120 Å². The molecule has 1 heterocycles. The SMILES string of the molecule is CCN1CCC(CNc2ccc(N)cc2S(N)(=O)=O)C1. The number of nitrogen functional groups attached to an aromatic ring is 1. The molecule has 0 aromatic heterocycles. The Morgan fingerprint density at radius 2 is 2.20 bits per heavy atom. The van der Waals surface area contributed by atoms with E-state index in [-0.39, 0.29) is 4.90 Å². The standard InChI is InChI=1S/C13H22N4O2S/c1-2-17-6-5-10(9-17)8-16-12-4-3-11(14)7-13(12)20(15,18)19/h3-4,7,10,16H,2,5-6,8-9,14H2,1H3,(H2,15,18,19). The van der Waals surface area contributed by atoms with Crippen molar-refractivity contribution in [2.45, 2.75) is 18.2 Å². The normalized spacial score (nSPS) is 20.2. The topological polar surface area (TPSA) is 101 Å². The van der Waals surface area contributed by atoms with Crippen LogP contribution in [0.2, 0.25) is 0 Å². The molecule has 20 heavy (non-hydrogen) atoms. The van der Waals surface area contributed by atoms with E-state index < -0.39 is 10.0 Å². The van der Waals surface area contributed by atoms with Crippen LogP contribution in [0.3, 0.4) is 0 Å². The molecule has 7 heteroatoms. The highest BCUT2D eigenvalue weighted by Gasteiger charge is 2.22. The number of anilines is 2. The van der Waals surface area contributed by atoms with Crippen LogP contribution in [0.25, 0.3) is 0 Å². The van der Waals surface area contributed by atoms with Crippen molar-refractivity contribution in [1.29, 1.82) is 0 Å². The molecule has 1 unspecified atom stereocenters. The lowest BCUT2D eigenvalue weighted by Crippen LogP contribution is -2.23. The van der Waals surface area contributed by atoms with E-state index in [9.17, 15) is 8.42 Å². The summed E-state index contributed by atoms with van der Waals surface area (Å²) in [6.07, 6.45) is 1.13. The van der Waals surface area contributed by atoms with Gasteiger partial charge >= 0.3 is 0 Å². The van der Waals surface area contributed by atoms with Gasteiger partial charge in [0.05, 0.1) is 5.69 Å². The smallest absolute Gasteiger partial charge is 0.240 e. The fourth-order valence-electron chi connectivity index (χ4n) is 2.54. The Balaban J connectivity index is 2.07. The summed E-state index contributed by atoms with van der Waals surface area (Å²) < 4.78 is 23.1. The predicted octanol–water partition coefficient (Wildman–Crippen LogP) is 0.670. The third-order valence-electron chi connectivity index (χ3n) is 3.71. The first-order chi connectivity index (χ1) is 9.40. The number of hydrogen-bond donors (Lipinski definition) is 3. The molecular weight excluding hydrogens is 276 g/mol. The third-order valence-corrected chi connectivity index (χ3v) is 4.66. The molecule has 1 saturated heterocycles. The second-order valence-electron chi connectivity index (χ2n) is 5.23. The largest absolute Gasteiger partial charge is 0.399 e. The van der Waals surface area contributed by atoms with Gasteiger partial charge in [-0.25, -0.2) is 13.6 Å². The van der Waals surface area contributed by atoms with Crippen LogP contribution in [-0.4, -0.2) is 39.5 Å². The van der Waals surface area contributed by atoms with Crippen LogP contribution in [0, 0.1) is 5.92 Å². The molecule has 0 aliphatic carbocycles. The second-order valence-corrected chi connectivity index (χ2v) is 6.76. The highest BCUT2D eigenvalue weighted by Crippen LogP contribution is 2.24. The second kappa shape index (κ2) is 5.99. The van der Waals surface area contributed by atoms with E-state index in [0.29, 0.717) is 17.3 Å². The Morgan fingerprint density at radius 3 is 2.80 bits per heavy atom. The lowest BCUT2D eigenvalue weighted by Gasteiger charge is -2.16. The average Bonchev–Trinajstić information content (AvgIpc) is 2.84. The molecular formula is C13H22N4O2S. The van der Waals surface area contributed by atoms with E-state index in [1.807, 2.05) is 0 Å². The molecule has 0 amide bonds. The first-order valence-corrected chi connectivity index (χ1v) is 8.33. The number of hydrogen-bond acceptors (Lipinski definition) is 5. The summed E-state index contributed by atoms with van der Waals surface area (Å²) in [7, 11) is -3.77. The van der Waals surface area contributed by atoms with Gasteiger partial charge in [0, 0.05) is 18.8 Å². The molecule has 1 aliphatic heterocycles. The molecule has 0 saturated carbocycles. The number of nitrogens with one attached hydrogen (secondary N) is 1. The van der Waals surface area contributed by atoms with Crippen LogP contribution >= 0.6 is 0 Å². The number of benzene rings is 1. The van der Waals surface area contributed by atoms with Gasteiger partial charge in [0.2, 0.25) is 10.0 Å². The summed E-state index contributed by atoms with van der Waals surface area (Å²) in [4.78, 5) is 2.44. The monoisotopic (exact) mass is 298 g/mol. The maximum atomic E-state index is 11.6. The molecule has 1 aliphatic rings. The average molecular weight is 298 g/mol. The van der Waals surface area contributed by atoms with Crippen LogP contribution in [0.15, 0.2) is 23.1 Å². The zero-order valence-corrected chi connectivity index (χ0v) is 12.5. The Morgan fingerprint density at radius 1 is 1.45 bits per heavy atom. The number of primary sulfonamides is 1. The number of nitrogens with two attached hydrogens (primary N) is 2. The van der Waals surface area contributed by atoms with Gasteiger partial charge in [0.1, 0.15) is 4.90 Å². The Kier molecular flexibility index (Phi) is 4.52. The number of nitrogens with zero attached hydrogens (tertiary/aromatic N) is 1. The summed E-state index contributed by atoms with van der Waals surface area (Å²) in [5.74, 6) is 0.529. The third kappa shape index (κ3) is 3.62. The number of sulfonamides is 1. The van der Waals surface area contributed by atoms with E-state index in [0.717, 1.165) is 32.6 Å². The quantitative estimate of drug-likeness (QED) is 0.694. The van der Waals surface area contributed by atoms with E-state index in [1.165, 1.54) is 6.07 Å². The van der Waals surface area contributed by atoms with Crippen molar-refractivity contribution in [2.24, 2.45) is 11.1 Å². The molecule has 112 valence electrons. The highest BCUT2D eigenvalue weighted by molar-refractivity contribution is 7.89. The molecule has 6 nitrogen and oxygen atoms in total. The lowest BCUT2D eigenvalue weighted by atomic mass is 10.1. The van der Waals surface area contributed by atoms with Gasteiger partial charge < -0.3 is 16.0 Å². The fourth-order valence-corrected chi connectivity index (χ4v) is 3.29. The molecule has 1 atom stereocenters. The van der Waals surface area contributed by atoms with Crippen LogP contribution in [0.4, 0.5) is 11.4 Å². The van der Waals surface area contributed by atoms with Crippen molar-refractivity contribution in [3.63, 3.8) is 0 Å². The molecule has 1 aromatic rings. The van der Waals surface area contributed by atoms with E-state index in [1.54, 1.807) is 12.1 Å². The number of likely N-dealkylation sites (tertiary alicyclic amines) is 1. The van der Waals surface area contributed by atoms with Crippen molar-refractivity contribution in [3.05, 3.63) is 18.2 Å². The van der Waals surface area contributed by atoms with Gasteiger partial charge in [0.25, 0.3) is 0 Å². The number of rotatable bonds is 5. The van der Waals surface area contributed by atoms with Crippen LogP contribution < -0.4 is 16.2 Å². The van der Waals surface area contributed by atoms with Crippen molar-refractivity contribution in [1.82, 2.24) is 4.90 Å². The minimum Gasteiger partial charge on any atom is -0.399 e. The Hall–Kier alpha value is -1.31. The minimum absolute atomic E-state index is 0.0582. The summed E-state index contributed by atoms with van der Waals surface area (Å²) in [6.45, 7) is 6.09. The molecule has 1 fully saturated rings. The van der Waals surface area contributed by atoms with Gasteiger partial charge in [0.15, 0.2) is 0 Å². The van der Waals surface area contributed by atoms with Gasteiger partial charge in [-0.05, 0) is 43.6 Å². The zero-order valence-electron chi connectivity index (χ0n) is 11.7. The predicted molar refractivity (Wildman–Crippen MR) is 80.9 cm³/mol. The highest BCUT2D eigenvalue weighted by atomic mass is 32.2. The summed E-state index contributed by atoms with van der Waals surface area (Å²) in [5, 5.41) is 8.41. The summed E-state index contributed by atoms with van der Waals surface area (Å²) in [6, 6.07) is 4.73.